The molecule has 5 heteroatoms. The Hall–Kier alpha value is -1.98. The van der Waals surface area contributed by atoms with Gasteiger partial charge in [0.2, 0.25) is 0 Å². The molecule has 3 rings (SSSR count). The van der Waals surface area contributed by atoms with Crippen molar-refractivity contribution in [2.75, 3.05) is 0 Å². The maximum absolute atomic E-state index is 5.35. The highest BCUT2D eigenvalue weighted by molar-refractivity contribution is 7.10. The topological polar surface area (TPSA) is 51.0 Å². The van der Waals surface area contributed by atoms with Gasteiger partial charge in [0.1, 0.15) is 0 Å². The van der Waals surface area contributed by atoms with Crippen molar-refractivity contribution >= 4 is 11.3 Å². The van der Waals surface area contributed by atoms with Gasteiger partial charge in [0, 0.05) is 16.5 Å². The van der Waals surface area contributed by atoms with Crippen molar-refractivity contribution in [2.24, 2.45) is 0 Å². The molecule has 0 radical (unpaired) electrons. The Morgan fingerprint density at radius 1 is 1.05 bits per heavy atom. The lowest BCUT2D eigenvalue weighted by Crippen LogP contribution is -2.22. The molecule has 0 saturated heterocycles. The highest BCUT2D eigenvalue weighted by Crippen LogP contribution is 2.23. The summed E-state index contributed by atoms with van der Waals surface area (Å²) in [4.78, 5) is 5.78. The van der Waals surface area contributed by atoms with Crippen LogP contribution in [-0.4, -0.2) is 10.1 Å². The molecule has 0 spiro atoms. The lowest BCUT2D eigenvalue weighted by Gasteiger charge is -2.16. The summed E-state index contributed by atoms with van der Waals surface area (Å²) in [5, 5.41) is 9.65. The van der Waals surface area contributed by atoms with E-state index in [-0.39, 0.29) is 12.1 Å². The summed E-state index contributed by atoms with van der Waals surface area (Å²) < 4.78 is 5.35. The third-order valence-corrected chi connectivity index (χ3v) is 4.37. The Labute approximate surface area is 127 Å². The fourth-order valence-electron chi connectivity index (χ4n) is 2.18. The fraction of sp³-hybridized carbons (Fsp3) is 0.250. The zero-order valence-electron chi connectivity index (χ0n) is 12.0. The van der Waals surface area contributed by atoms with Crippen LogP contribution in [0, 0.1) is 0 Å². The Balaban J connectivity index is 1.71. The molecule has 2 aromatic heterocycles. The molecule has 21 heavy (non-hydrogen) atoms. The molecule has 1 aromatic carbocycles. The maximum Gasteiger partial charge on any atom is 0.257 e. The molecule has 0 unspecified atom stereocenters. The van der Waals surface area contributed by atoms with Crippen LogP contribution in [-0.2, 0) is 0 Å². The largest absolute Gasteiger partial charge is 0.334 e. The third-order valence-electron chi connectivity index (χ3n) is 3.32. The second-order valence-corrected chi connectivity index (χ2v) is 5.93. The average molecular weight is 299 g/mol. The van der Waals surface area contributed by atoms with E-state index in [1.54, 1.807) is 11.3 Å². The minimum absolute atomic E-state index is 0.0308. The van der Waals surface area contributed by atoms with Crippen molar-refractivity contribution in [3.8, 4) is 11.5 Å². The molecule has 3 aromatic rings. The summed E-state index contributed by atoms with van der Waals surface area (Å²) in [6, 6.07) is 14.3. The van der Waals surface area contributed by atoms with Crippen molar-refractivity contribution in [3.63, 3.8) is 0 Å². The maximum atomic E-state index is 5.35. The zero-order chi connectivity index (χ0) is 14.7. The molecule has 0 aliphatic rings. The molecule has 108 valence electrons. The van der Waals surface area contributed by atoms with Gasteiger partial charge in [-0.25, -0.2) is 0 Å². The second-order valence-electron chi connectivity index (χ2n) is 4.95. The Morgan fingerprint density at radius 2 is 1.86 bits per heavy atom. The van der Waals surface area contributed by atoms with E-state index in [0.717, 1.165) is 5.56 Å². The van der Waals surface area contributed by atoms with Gasteiger partial charge in [0.05, 0.1) is 6.04 Å². The predicted octanol–water partition coefficient (Wildman–Crippen LogP) is 4.21. The Bertz CT molecular complexity index is 679. The van der Waals surface area contributed by atoms with Gasteiger partial charge >= 0.3 is 0 Å². The van der Waals surface area contributed by atoms with Crippen molar-refractivity contribution < 1.29 is 4.52 Å². The summed E-state index contributed by atoms with van der Waals surface area (Å²) >= 11 is 1.74. The third kappa shape index (κ3) is 3.20. The van der Waals surface area contributed by atoms with E-state index >= 15 is 0 Å². The molecule has 1 N–H and O–H groups in total. The summed E-state index contributed by atoms with van der Waals surface area (Å²) in [7, 11) is 0. The summed E-state index contributed by atoms with van der Waals surface area (Å²) in [5.41, 5.74) is 0.940. The van der Waals surface area contributed by atoms with Gasteiger partial charge in [0.25, 0.3) is 5.89 Å². The molecule has 4 nitrogen and oxygen atoms in total. The van der Waals surface area contributed by atoms with Gasteiger partial charge in [-0.1, -0.05) is 29.4 Å². The molecule has 0 aliphatic heterocycles. The van der Waals surface area contributed by atoms with Crippen LogP contribution < -0.4 is 5.32 Å². The fourth-order valence-corrected chi connectivity index (χ4v) is 2.92. The Morgan fingerprint density at radius 3 is 2.57 bits per heavy atom. The summed E-state index contributed by atoms with van der Waals surface area (Å²) in [5.74, 6) is 1.24. The van der Waals surface area contributed by atoms with Crippen LogP contribution in [0.2, 0.25) is 0 Å². The van der Waals surface area contributed by atoms with Crippen molar-refractivity contribution in [1.29, 1.82) is 0 Å². The zero-order valence-corrected chi connectivity index (χ0v) is 12.8. The van der Waals surface area contributed by atoms with Crippen LogP contribution in [0.4, 0.5) is 0 Å². The second kappa shape index (κ2) is 6.20. The van der Waals surface area contributed by atoms with Crippen LogP contribution in [0.25, 0.3) is 11.5 Å². The van der Waals surface area contributed by atoms with E-state index in [1.807, 2.05) is 37.3 Å². The minimum atomic E-state index is 0.0308. The van der Waals surface area contributed by atoms with Crippen molar-refractivity contribution in [2.45, 2.75) is 25.9 Å². The lowest BCUT2D eigenvalue weighted by molar-refractivity contribution is 0.401. The molecule has 0 bridgehead atoms. The summed E-state index contributed by atoms with van der Waals surface area (Å²) in [6.45, 7) is 4.18. The van der Waals surface area contributed by atoms with Gasteiger partial charge < -0.3 is 4.52 Å². The molecule has 0 aliphatic carbocycles. The van der Waals surface area contributed by atoms with Gasteiger partial charge in [-0.2, -0.15) is 4.98 Å². The van der Waals surface area contributed by atoms with Crippen LogP contribution in [0.1, 0.15) is 36.6 Å². The number of benzene rings is 1. The van der Waals surface area contributed by atoms with Gasteiger partial charge in [-0.05, 0) is 37.4 Å². The quantitative estimate of drug-likeness (QED) is 0.766. The minimum Gasteiger partial charge on any atom is -0.334 e. The number of aromatic nitrogens is 2. The molecular formula is C16H17N3OS. The first kappa shape index (κ1) is 14.0. The van der Waals surface area contributed by atoms with Crippen LogP contribution in [0.15, 0.2) is 52.4 Å². The van der Waals surface area contributed by atoms with E-state index in [9.17, 15) is 0 Å². The first-order valence-corrected chi connectivity index (χ1v) is 7.80. The number of rotatable bonds is 5. The Kier molecular flexibility index (Phi) is 4.13. The van der Waals surface area contributed by atoms with Crippen LogP contribution >= 0.6 is 11.3 Å². The number of hydrogen-bond donors (Lipinski definition) is 1. The van der Waals surface area contributed by atoms with Crippen LogP contribution in [0.3, 0.4) is 0 Å². The van der Waals surface area contributed by atoms with Gasteiger partial charge in [-0.3, -0.25) is 5.32 Å². The van der Waals surface area contributed by atoms with E-state index in [2.05, 4.69) is 39.9 Å². The van der Waals surface area contributed by atoms with Crippen LogP contribution in [0.5, 0.6) is 0 Å². The lowest BCUT2D eigenvalue weighted by atomic mass is 10.2. The molecule has 0 saturated carbocycles. The van der Waals surface area contributed by atoms with Gasteiger partial charge in [0.15, 0.2) is 5.82 Å². The normalized spacial score (nSPS) is 14.0. The number of hydrogen-bond acceptors (Lipinski definition) is 5. The van der Waals surface area contributed by atoms with Gasteiger partial charge in [-0.15, -0.1) is 11.3 Å². The molecule has 2 atom stereocenters. The molecule has 2 heterocycles. The first-order chi connectivity index (χ1) is 10.2. The number of thiophene rings is 1. The monoisotopic (exact) mass is 299 g/mol. The van der Waals surface area contributed by atoms with E-state index < -0.39 is 0 Å². The highest BCUT2D eigenvalue weighted by Gasteiger charge is 2.17. The smallest absolute Gasteiger partial charge is 0.257 e. The first-order valence-electron chi connectivity index (χ1n) is 6.92. The van der Waals surface area contributed by atoms with Crippen molar-refractivity contribution in [1.82, 2.24) is 15.5 Å². The SMILES string of the molecule is C[C@H](N[C@H](C)c1cccs1)c1noc(-c2ccccc2)n1. The predicted molar refractivity (Wildman–Crippen MR) is 84.0 cm³/mol. The standard InChI is InChI=1S/C16H17N3OS/c1-11(14-9-6-10-21-14)17-12(2)15-18-16(20-19-15)13-7-4-3-5-8-13/h3-12,17H,1-2H3/t11-,12+/m1/s1. The molecule has 0 amide bonds. The number of nitrogens with zero attached hydrogens (tertiary/aromatic N) is 2. The highest BCUT2D eigenvalue weighted by atomic mass is 32.1. The average Bonchev–Trinajstić information content (AvgIpc) is 3.20. The van der Waals surface area contributed by atoms with E-state index in [0.29, 0.717) is 11.7 Å². The molecule has 0 fully saturated rings. The summed E-state index contributed by atoms with van der Waals surface area (Å²) in [6.07, 6.45) is 0. The molecular weight excluding hydrogens is 282 g/mol. The van der Waals surface area contributed by atoms with Crippen molar-refractivity contribution in [3.05, 3.63) is 58.5 Å². The van der Waals surface area contributed by atoms with E-state index in [4.69, 9.17) is 4.52 Å². The number of nitrogens with one attached hydrogen (secondary N) is 1. The van der Waals surface area contributed by atoms with E-state index in [1.165, 1.54) is 4.88 Å².